The Bertz CT molecular complexity index is 944. The van der Waals surface area contributed by atoms with Crippen molar-refractivity contribution in [3.05, 3.63) is 58.6 Å². The molecule has 1 aromatic carbocycles. The summed E-state index contributed by atoms with van der Waals surface area (Å²) in [5.41, 5.74) is 3.21. The molecule has 3 heterocycles. The molecule has 6 nitrogen and oxygen atoms in total. The van der Waals surface area contributed by atoms with E-state index in [9.17, 15) is 0 Å². The number of aromatic nitrogens is 2. The van der Waals surface area contributed by atoms with Crippen LogP contribution in [0.4, 0.5) is 0 Å². The third-order valence-corrected chi connectivity index (χ3v) is 5.13. The molecule has 1 aliphatic heterocycles. The van der Waals surface area contributed by atoms with Crippen molar-refractivity contribution in [1.82, 2.24) is 14.9 Å². The lowest BCUT2D eigenvalue weighted by molar-refractivity contribution is 0.242. The van der Waals surface area contributed by atoms with Gasteiger partial charge in [0.15, 0.2) is 23.1 Å². The minimum absolute atomic E-state index is 0.570. The lowest BCUT2D eigenvalue weighted by Crippen LogP contribution is -2.31. The number of methoxy groups -OCH3 is 2. The van der Waals surface area contributed by atoms with E-state index in [1.54, 1.807) is 20.5 Å². The molecule has 0 amide bonds. The van der Waals surface area contributed by atoms with Gasteiger partial charge in [0.2, 0.25) is 0 Å². The van der Waals surface area contributed by atoms with Gasteiger partial charge in [-0.1, -0.05) is 17.7 Å². The Morgan fingerprint density at radius 3 is 2.85 bits per heavy atom. The highest BCUT2D eigenvalue weighted by Crippen LogP contribution is 2.38. The van der Waals surface area contributed by atoms with Gasteiger partial charge in [-0.3, -0.25) is 4.90 Å². The van der Waals surface area contributed by atoms with E-state index in [0.29, 0.717) is 28.1 Å². The molecule has 0 spiro atoms. The normalized spacial score (nSPS) is 14.0. The summed E-state index contributed by atoms with van der Waals surface area (Å²) in [5, 5.41) is 0.590. The number of rotatable bonds is 5. The third kappa shape index (κ3) is 3.50. The van der Waals surface area contributed by atoms with Crippen LogP contribution < -0.4 is 9.47 Å². The lowest BCUT2D eigenvalue weighted by Gasteiger charge is -2.28. The summed E-state index contributed by atoms with van der Waals surface area (Å²) >= 11 is 6.52. The Hall–Kier alpha value is -2.57. The van der Waals surface area contributed by atoms with Gasteiger partial charge in [-0.15, -0.1) is 0 Å². The molecule has 0 saturated heterocycles. The zero-order chi connectivity index (χ0) is 18.8. The molecule has 0 radical (unpaired) electrons. The van der Waals surface area contributed by atoms with Crippen LogP contribution in [0.5, 0.6) is 11.5 Å². The van der Waals surface area contributed by atoms with Crippen LogP contribution in [0.2, 0.25) is 5.02 Å². The first-order valence-electron chi connectivity index (χ1n) is 8.70. The highest BCUT2D eigenvalue weighted by atomic mass is 35.5. The van der Waals surface area contributed by atoms with Crippen molar-refractivity contribution in [2.24, 2.45) is 0 Å². The number of halogens is 1. The first-order valence-corrected chi connectivity index (χ1v) is 9.07. The zero-order valence-corrected chi connectivity index (χ0v) is 16.0. The Balaban J connectivity index is 1.52. The third-order valence-electron chi connectivity index (χ3n) is 4.71. The summed E-state index contributed by atoms with van der Waals surface area (Å²) < 4.78 is 16.1. The minimum Gasteiger partial charge on any atom is -0.493 e. The Labute approximate surface area is 162 Å². The molecule has 0 N–H and O–H groups in total. The summed E-state index contributed by atoms with van der Waals surface area (Å²) in [6.45, 7) is 2.39. The quantitative estimate of drug-likeness (QED) is 0.662. The standard InChI is InChI=1S/C20H20ClN3O3/c1-25-16-6-5-13(18(21)19(16)26-2)11-24-8-7-15-14(12-24)10-22-20(23-15)17-4-3-9-27-17/h3-6,9-10H,7-8,11-12H2,1-2H3. The predicted octanol–water partition coefficient (Wildman–Crippen LogP) is 3.97. The van der Waals surface area contributed by atoms with Crippen LogP contribution in [0.3, 0.4) is 0 Å². The second kappa shape index (κ2) is 7.58. The van der Waals surface area contributed by atoms with Crippen LogP contribution >= 0.6 is 11.6 Å². The smallest absolute Gasteiger partial charge is 0.195 e. The highest BCUT2D eigenvalue weighted by molar-refractivity contribution is 6.33. The van der Waals surface area contributed by atoms with E-state index in [1.165, 1.54) is 0 Å². The molecule has 3 aromatic rings. The second-order valence-electron chi connectivity index (χ2n) is 6.38. The molecule has 0 fully saturated rings. The van der Waals surface area contributed by atoms with Gasteiger partial charge in [-0.25, -0.2) is 9.97 Å². The van der Waals surface area contributed by atoms with Crippen LogP contribution in [0, 0.1) is 0 Å². The van der Waals surface area contributed by atoms with Crippen LogP contribution in [0.25, 0.3) is 11.6 Å². The number of fused-ring (bicyclic) bond motifs is 1. The molecule has 0 aliphatic carbocycles. The maximum atomic E-state index is 6.52. The number of nitrogens with zero attached hydrogens (tertiary/aromatic N) is 3. The Morgan fingerprint density at radius 2 is 2.11 bits per heavy atom. The fraction of sp³-hybridized carbons (Fsp3) is 0.300. The van der Waals surface area contributed by atoms with E-state index in [4.69, 9.17) is 25.5 Å². The van der Waals surface area contributed by atoms with Crippen molar-refractivity contribution >= 4 is 11.6 Å². The van der Waals surface area contributed by atoms with Gasteiger partial charge >= 0.3 is 0 Å². The van der Waals surface area contributed by atoms with Crippen LogP contribution in [-0.2, 0) is 19.5 Å². The number of benzene rings is 1. The van der Waals surface area contributed by atoms with Crippen LogP contribution in [-0.4, -0.2) is 35.6 Å². The van der Waals surface area contributed by atoms with Crippen LogP contribution in [0.1, 0.15) is 16.8 Å². The fourth-order valence-electron chi connectivity index (χ4n) is 3.33. The van der Waals surface area contributed by atoms with Crippen molar-refractivity contribution < 1.29 is 13.9 Å². The van der Waals surface area contributed by atoms with Gasteiger partial charge in [0, 0.05) is 37.8 Å². The highest BCUT2D eigenvalue weighted by Gasteiger charge is 2.21. The van der Waals surface area contributed by atoms with Crippen LogP contribution in [0.15, 0.2) is 41.1 Å². The van der Waals surface area contributed by atoms with Gasteiger partial charge in [-0.05, 0) is 23.8 Å². The molecule has 7 heteroatoms. The molecule has 2 aromatic heterocycles. The van der Waals surface area contributed by atoms with Crippen molar-refractivity contribution in [3.8, 4) is 23.1 Å². The largest absolute Gasteiger partial charge is 0.493 e. The van der Waals surface area contributed by atoms with Crippen molar-refractivity contribution in [1.29, 1.82) is 0 Å². The lowest BCUT2D eigenvalue weighted by atomic mass is 10.1. The first-order chi connectivity index (χ1) is 13.2. The molecular weight excluding hydrogens is 366 g/mol. The van der Waals surface area contributed by atoms with Crippen molar-refractivity contribution in [2.45, 2.75) is 19.5 Å². The van der Waals surface area contributed by atoms with Crippen molar-refractivity contribution in [2.75, 3.05) is 20.8 Å². The fourth-order valence-corrected chi connectivity index (χ4v) is 3.62. The van der Waals surface area contributed by atoms with E-state index in [-0.39, 0.29) is 0 Å². The summed E-state index contributed by atoms with van der Waals surface area (Å²) in [5.74, 6) is 2.53. The van der Waals surface area contributed by atoms with Gasteiger partial charge in [-0.2, -0.15) is 0 Å². The Kier molecular flexibility index (Phi) is 5.01. The van der Waals surface area contributed by atoms with E-state index < -0.39 is 0 Å². The second-order valence-corrected chi connectivity index (χ2v) is 6.76. The van der Waals surface area contributed by atoms with Gasteiger partial charge in [0.25, 0.3) is 0 Å². The molecule has 0 saturated carbocycles. The van der Waals surface area contributed by atoms with E-state index >= 15 is 0 Å². The zero-order valence-electron chi connectivity index (χ0n) is 15.2. The van der Waals surface area contributed by atoms with Crippen molar-refractivity contribution in [3.63, 3.8) is 0 Å². The van der Waals surface area contributed by atoms with Gasteiger partial charge < -0.3 is 13.9 Å². The molecule has 140 valence electrons. The summed E-state index contributed by atoms with van der Waals surface area (Å²) in [4.78, 5) is 11.4. The van der Waals surface area contributed by atoms with Gasteiger partial charge in [0.05, 0.1) is 31.2 Å². The molecule has 27 heavy (non-hydrogen) atoms. The molecular formula is C20H20ClN3O3. The number of furan rings is 1. The molecule has 0 atom stereocenters. The summed E-state index contributed by atoms with van der Waals surface area (Å²) in [7, 11) is 3.20. The topological polar surface area (TPSA) is 60.6 Å². The average Bonchev–Trinajstić information content (AvgIpc) is 3.23. The SMILES string of the molecule is COc1ccc(CN2CCc3nc(-c4ccco4)ncc3C2)c(Cl)c1OC. The maximum Gasteiger partial charge on any atom is 0.195 e. The van der Waals surface area contributed by atoms with E-state index in [2.05, 4.69) is 14.9 Å². The first kappa shape index (κ1) is 17.8. The van der Waals surface area contributed by atoms with E-state index in [1.807, 2.05) is 30.5 Å². The Morgan fingerprint density at radius 1 is 1.22 bits per heavy atom. The van der Waals surface area contributed by atoms with E-state index in [0.717, 1.165) is 42.9 Å². The molecule has 1 aliphatic rings. The minimum atomic E-state index is 0.570. The maximum absolute atomic E-state index is 6.52. The number of hydrogen-bond acceptors (Lipinski definition) is 6. The number of hydrogen-bond donors (Lipinski definition) is 0. The number of ether oxygens (including phenoxy) is 2. The average molecular weight is 386 g/mol. The summed E-state index contributed by atoms with van der Waals surface area (Å²) in [6, 6.07) is 7.58. The predicted molar refractivity (Wildman–Crippen MR) is 102 cm³/mol. The summed E-state index contributed by atoms with van der Waals surface area (Å²) in [6.07, 6.45) is 4.38. The molecule has 0 bridgehead atoms. The monoisotopic (exact) mass is 385 g/mol. The molecule has 4 rings (SSSR count). The van der Waals surface area contributed by atoms with Gasteiger partial charge in [0.1, 0.15) is 0 Å². The molecule has 0 unspecified atom stereocenters.